The van der Waals surface area contributed by atoms with E-state index in [0.29, 0.717) is 6.54 Å². The number of hydrogen-bond donors (Lipinski definition) is 0. The van der Waals surface area contributed by atoms with Crippen LogP contribution >= 0.6 is 0 Å². The van der Waals surface area contributed by atoms with E-state index in [9.17, 15) is 0 Å². The van der Waals surface area contributed by atoms with Crippen molar-refractivity contribution in [1.29, 1.82) is 0 Å². The van der Waals surface area contributed by atoms with Gasteiger partial charge in [0.2, 0.25) is 0 Å². The molecule has 0 rings (SSSR count). The predicted octanol–water partition coefficient (Wildman–Crippen LogP) is 2.13. The van der Waals surface area contributed by atoms with Gasteiger partial charge in [-0.1, -0.05) is 13.8 Å². The van der Waals surface area contributed by atoms with Crippen LogP contribution in [0.1, 0.15) is 27.2 Å². The molecule has 4 nitrogen and oxygen atoms in total. The maximum Gasteiger partial charge on any atom is 0.505 e. The number of rotatable bonds is 7. The van der Waals surface area contributed by atoms with Crippen LogP contribution in [-0.2, 0) is 13.3 Å². The Morgan fingerprint density at radius 3 is 2.00 bits per heavy atom. The van der Waals surface area contributed by atoms with E-state index in [2.05, 4.69) is 18.8 Å². The maximum absolute atomic E-state index is 5.39. The molecule has 0 fully saturated rings. The van der Waals surface area contributed by atoms with Gasteiger partial charge in [0.1, 0.15) is 0 Å². The van der Waals surface area contributed by atoms with E-state index in [4.69, 9.17) is 13.3 Å². The van der Waals surface area contributed by atoms with Gasteiger partial charge in [-0.05, 0) is 13.3 Å². The Morgan fingerprint density at radius 2 is 1.67 bits per heavy atom. The van der Waals surface area contributed by atoms with Crippen molar-refractivity contribution in [2.45, 2.75) is 32.7 Å². The van der Waals surface area contributed by atoms with Gasteiger partial charge in [-0.25, -0.2) is 0 Å². The molecule has 0 saturated heterocycles. The summed E-state index contributed by atoms with van der Waals surface area (Å²) in [6.07, 6.45) is 0.980. The Bertz CT molecular complexity index is 197. The summed E-state index contributed by atoms with van der Waals surface area (Å²) < 4.78 is 16.2. The van der Waals surface area contributed by atoms with Crippen molar-refractivity contribution in [3.63, 3.8) is 0 Å². The largest absolute Gasteiger partial charge is 0.505 e. The van der Waals surface area contributed by atoms with Crippen molar-refractivity contribution in [3.05, 3.63) is 0 Å². The van der Waals surface area contributed by atoms with E-state index in [1.165, 1.54) is 0 Å². The Labute approximate surface area is 94.0 Å². The minimum atomic E-state index is -2.51. The second-order valence-electron chi connectivity index (χ2n) is 3.55. The van der Waals surface area contributed by atoms with E-state index in [1.54, 1.807) is 21.3 Å². The first-order valence-electron chi connectivity index (χ1n) is 5.21. The van der Waals surface area contributed by atoms with Gasteiger partial charge < -0.3 is 13.3 Å². The Hall–Kier alpha value is -0.233. The van der Waals surface area contributed by atoms with Gasteiger partial charge in [-0.15, -0.1) is 0 Å². The number of hydrogen-bond acceptors (Lipinski definition) is 4. The Balaban J connectivity index is 4.45. The third-order valence-electron chi connectivity index (χ3n) is 2.60. The van der Waals surface area contributed by atoms with Crippen LogP contribution in [0.4, 0.5) is 0 Å². The fourth-order valence-corrected chi connectivity index (χ4v) is 3.39. The minimum absolute atomic E-state index is 0.180. The lowest BCUT2D eigenvalue weighted by molar-refractivity contribution is 0.114. The highest BCUT2D eigenvalue weighted by Gasteiger charge is 2.44. The van der Waals surface area contributed by atoms with Crippen molar-refractivity contribution in [3.8, 4) is 0 Å². The van der Waals surface area contributed by atoms with Gasteiger partial charge in [0.05, 0.1) is 0 Å². The molecule has 0 aromatic carbocycles. The van der Waals surface area contributed by atoms with Crippen LogP contribution in [0.25, 0.3) is 0 Å². The molecule has 0 amide bonds. The van der Waals surface area contributed by atoms with E-state index < -0.39 is 8.80 Å². The minimum Gasteiger partial charge on any atom is -0.377 e. The van der Waals surface area contributed by atoms with Crippen molar-refractivity contribution in [2.24, 2.45) is 4.99 Å². The number of aliphatic imine (C=N–C) groups is 1. The summed E-state index contributed by atoms with van der Waals surface area (Å²) in [7, 11) is 2.39. The monoisotopic (exact) mass is 233 g/mol. The second-order valence-corrected chi connectivity index (χ2v) is 6.96. The number of nitrogens with zero attached hydrogens (tertiary/aromatic N) is 1. The maximum atomic E-state index is 5.39. The van der Waals surface area contributed by atoms with Crippen LogP contribution in [0.3, 0.4) is 0 Å². The molecule has 0 aromatic rings. The first-order chi connectivity index (χ1) is 7.06. The van der Waals surface area contributed by atoms with Crippen LogP contribution < -0.4 is 0 Å². The third kappa shape index (κ3) is 4.02. The summed E-state index contributed by atoms with van der Waals surface area (Å²) in [4.78, 5) is 4.46. The van der Waals surface area contributed by atoms with Crippen molar-refractivity contribution in [2.75, 3.05) is 27.9 Å². The summed E-state index contributed by atoms with van der Waals surface area (Å²) in [6, 6.07) is 0. The molecule has 1 atom stereocenters. The van der Waals surface area contributed by atoms with E-state index in [0.717, 1.165) is 12.1 Å². The molecule has 0 aliphatic rings. The summed E-state index contributed by atoms with van der Waals surface area (Å²) in [5.41, 5.74) is 1.33. The first kappa shape index (κ1) is 14.8. The molecule has 15 heavy (non-hydrogen) atoms. The molecule has 0 N–H and O–H groups in total. The van der Waals surface area contributed by atoms with Crippen LogP contribution in [0.2, 0.25) is 5.54 Å². The second kappa shape index (κ2) is 7.11. The molecule has 5 heteroatoms. The van der Waals surface area contributed by atoms with Gasteiger partial charge in [0.15, 0.2) is 0 Å². The molecule has 0 spiro atoms. The Kier molecular flexibility index (Phi) is 7.00. The average molecular weight is 233 g/mol. The lowest BCUT2D eigenvalue weighted by atomic mass is 10.3. The predicted molar refractivity (Wildman–Crippen MR) is 64.5 cm³/mol. The van der Waals surface area contributed by atoms with E-state index >= 15 is 0 Å². The fraction of sp³-hybridized carbons (Fsp3) is 0.900. The van der Waals surface area contributed by atoms with Crippen molar-refractivity contribution >= 4 is 14.5 Å². The Morgan fingerprint density at radius 1 is 1.20 bits per heavy atom. The summed E-state index contributed by atoms with van der Waals surface area (Å²) >= 11 is 0. The first-order valence-corrected chi connectivity index (χ1v) is 7.01. The zero-order valence-electron chi connectivity index (χ0n) is 10.7. The molecule has 0 radical (unpaired) electrons. The molecule has 0 aliphatic carbocycles. The lowest BCUT2D eigenvalue weighted by Crippen LogP contribution is -2.47. The lowest BCUT2D eigenvalue weighted by Gasteiger charge is -2.29. The smallest absolute Gasteiger partial charge is 0.377 e. The highest BCUT2D eigenvalue weighted by Crippen LogP contribution is 2.23. The normalized spacial score (nSPS) is 15.5. The average Bonchev–Trinajstić information content (AvgIpc) is 2.28. The molecular weight excluding hydrogens is 210 g/mol. The zero-order chi connectivity index (χ0) is 11.9. The SMILES string of the molecule is CCC(C)=NCC(C)[Si](OC)(OC)OC. The van der Waals surface area contributed by atoms with Crippen molar-refractivity contribution in [1.82, 2.24) is 0 Å². The molecule has 0 saturated carbocycles. The van der Waals surface area contributed by atoms with Gasteiger partial charge in [0.25, 0.3) is 0 Å². The molecule has 90 valence electrons. The molecular formula is C10H23NO3Si. The summed E-state index contributed by atoms with van der Waals surface area (Å²) in [5.74, 6) is 0. The molecule has 0 bridgehead atoms. The highest BCUT2D eigenvalue weighted by molar-refractivity contribution is 6.62. The van der Waals surface area contributed by atoms with Crippen molar-refractivity contribution < 1.29 is 13.3 Å². The highest BCUT2D eigenvalue weighted by atomic mass is 28.4. The molecule has 0 heterocycles. The third-order valence-corrected chi connectivity index (χ3v) is 5.70. The zero-order valence-corrected chi connectivity index (χ0v) is 11.7. The molecule has 1 unspecified atom stereocenters. The molecule has 0 aliphatic heterocycles. The van der Waals surface area contributed by atoms with Crippen LogP contribution in [0.5, 0.6) is 0 Å². The van der Waals surface area contributed by atoms with E-state index in [-0.39, 0.29) is 5.54 Å². The summed E-state index contributed by atoms with van der Waals surface area (Å²) in [6.45, 7) is 6.87. The van der Waals surface area contributed by atoms with Crippen LogP contribution in [-0.4, -0.2) is 42.4 Å². The van der Waals surface area contributed by atoms with Crippen LogP contribution in [0.15, 0.2) is 4.99 Å². The van der Waals surface area contributed by atoms with E-state index in [1.807, 2.05) is 6.92 Å². The molecule has 0 aromatic heterocycles. The van der Waals surface area contributed by atoms with Gasteiger partial charge in [-0.2, -0.15) is 0 Å². The topological polar surface area (TPSA) is 40.0 Å². The van der Waals surface area contributed by atoms with Gasteiger partial charge in [-0.3, -0.25) is 4.99 Å². The van der Waals surface area contributed by atoms with Gasteiger partial charge in [0, 0.05) is 39.1 Å². The van der Waals surface area contributed by atoms with Crippen LogP contribution in [0, 0.1) is 0 Å². The quantitative estimate of drug-likeness (QED) is 0.499. The fourth-order valence-electron chi connectivity index (χ4n) is 1.37. The standard InChI is InChI=1S/C10H23NO3Si/c1-7-9(2)11-8-10(3)15(12-4,13-5)14-6/h10H,7-8H2,1-6H3. The summed E-state index contributed by atoms with van der Waals surface area (Å²) in [5, 5.41) is 0. The van der Waals surface area contributed by atoms with Gasteiger partial charge >= 0.3 is 8.80 Å².